The van der Waals surface area contributed by atoms with Gasteiger partial charge in [-0.2, -0.15) is 24.5 Å². The van der Waals surface area contributed by atoms with E-state index >= 15 is 0 Å². The molecule has 2 aromatic heterocycles. The van der Waals surface area contributed by atoms with E-state index in [4.69, 9.17) is 9.90 Å². The number of pyridine rings is 1. The number of aliphatic carboxylic acids is 1. The molecule has 4 rings (SSSR count). The summed E-state index contributed by atoms with van der Waals surface area (Å²) in [6.45, 7) is 1.33. The molecule has 7 nitrogen and oxygen atoms in total. The lowest BCUT2D eigenvalue weighted by Crippen LogP contribution is -2.34. The van der Waals surface area contributed by atoms with Gasteiger partial charge in [-0.15, -0.1) is 0 Å². The zero-order chi connectivity index (χ0) is 22.8. The summed E-state index contributed by atoms with van der Waals surface area (Å²) in [7, 11) is 0. The Morgan fingerprint density at radius 1 is 1.13 bits per heavy atom. The summed E-state index contributed by atoms with van der Waals surface area (Å²) in [6.07, 6.45) is -1.71. The van der Waals surface area contributed by atoms with Crippen molar-refractivity contribution >= 4 is 29.2 Å². The molecule has 0 radical (unpaired) electrons. The summed E-state index contributed by atoms with van der Waals surface area (Å²) in [5.74, 6) is -3.25. The number of carboxylic acids is 2. The lowest BCUT2D eigenvalue weighted by molar-refractivity contribution is -0.192. The number of carbonyl (C=O) groups is 3. The van der Waals surface area contributed by atoms with E-state index in [9.17, 15) is 27.9 Å². The number of thiophene rings is 1. The fraction of sp³-hybridized carbons (Fsp3) is 0.400. The van der Waals surface area contributed by atoms with Crippen molar-refractivity contribution < 1.29 is 37.8 Å². The predicted octanol–water partition coefficient (Wildman–Crippen LogP) is 3.48. The van der Waals surface area contributed by atoms with Gasteiger partial charge in [0.05, 0.1) is 11.3 Å². The van der Waals surface area contributed by atoms with Crippen LogP contribution in [0, 0.1) is 5.92 Å². The predicted molar refractivity (Wildman–Crippen MR) is 105 cm³/mol. The average molecular weight is 456 g/mol. The van der Waals surface area contributed by atoms with Crippen molar-refractivity contribution in [2.24, 2.45) is 5.92 Å². The standard InChI is InChI=1S/C18H18N2O3S.C2HF3O2/c21-17(11-1-2-11)20-6-3-12-9-14(18(22)23)16(13-5-8-24-10-13)19-15(12)4-7-20;3-2(4,5)1(6)7/h5,8-11H,1-4,6-7H2,(H,22,23);(H,6,7). The fourth-order valence-electron chi connectivity index (χ4n) is 3.23. The SMILES string of the molecule is O=C(O)C(F)(F)F.O=C(O)c1cc2c(nc1-c1ccsc1)CCN(C(=O)C1CC1)CC2. The number of aromatic carboxylic acids is 1. The number of hydrogen-bond donors (Lipinski definition) is 2. The summed E-state index contributed by atoms with van der Waals surface area (Å²) < 4.78 is 31.7. The first-order valence-corrected chi connectivity index (χ1v) is 10.4. The largest absolute Gasteiger partial charge is 0.490 e. The first-order chi connectivity index (χ1) is 14.6. The van der Waals surface area contributed by atoms with E-state index in [-0.39, 0.29) is 17.4 Å². The quantitative estimate of drug-likeness (QED) is 0.732. The van der Waals surface area contributed by atoms with Crippen molar-refractivity contribution in [3.8, 4) is 11.3 Å². The Kier molecular flexibility index (Phi) is 6.63. The lowest BCUT2D eigenvalue weighted by Gasteiger charge is -2.19. The number of alkyl halides is 3. The maximum Gasteiger partial charge on any atom is 0.490 e. The maximum absolute atomic E-state index is 12.3. The Morgan fingerprint density at radius 3 is 2.29 bits per heavy atom. The third-order valence-corrected chi connectivity index (χ3v) is 5.65. The molecule has 0 spiro atoms. The Labute approximate surface area is 179 Å². The second-order valence-corrected chi connectivity index (χ2v) is 7.99. The first kappa shape index (κ1) is 22.7. The molecular weight excluding hydrogens is 437 g/mol. The van der Waals surface area contributed by atoms with Crippen LogP contribution in [0.1, 0.15) is 34.5 Å². The number of nitrogens with zero attached hydrogens (tertiary/aromatic N) is 2. The van der Waals surface area contributed by atoms with Gasteiger partial charge in [0, 0.05) is 42.1 Å². The number of carbonyl (C=O) groups excluding carboxylic acids is 1. The molecule has 31 heavy (non-hydrogen) atoms. The van der Waals surface area contributed by atoms with Gasteiger partial charge in [0.2, 0.25) is 5.91 Å². The van der Waals surface area contributed by atoms with E-state index in [1.54, 1.807) is 6.07 Å². The Hall–Kier alpha value is -2.95. The van der Waals surface area contributed by atoms with Crippen LogP contribution >= 0.6 is 11.3 Å². The summed E-state index contributed by atoms with van der Waals surface area (Å²) in [6, 6.07) is 3.65. The topological polar surface area (TPSA) is 108 Å². The van der Waals surface area contributed by atoms with Crippen LogP contribution in [0.4, 0.5) is 13.2 Å². The molecule has 2 N–H and O–H groups in total. The van der Waals surface area contributed by atoms with Crippen LogP contribution in [-0.4, -0.2) is 57.2 Å². The molecule has 1 fully saturated rings. The number of amides is 1. The van der Waals surface area contributed by atoms with E-state index in [0.29, 0.717) is 31.6 Å². The molecule has 166 valence electrons. The molecular formula is C20H19F3N2O5S. The van der Waals surface area contributed by atoms with Crippen LogP contribution in [0.25, 0.3) is 11.3 Å². The third kappa shape index (κ3) is 5.60. The minimum Gasteiger partial charge on any atom is -0.478 e. The smallest absolute Gasteiger partial charge is 0.478 e. The Bertz CT molecular complexity index is 987. The third-order valence-electron chi connectivity index (χ3n) is 4.97. The minimum atomic E-state index is -5.08. The molecule has 2 aliphatic rings. The highest BCUT2D eigenvalue weighted by Crippen LogP contribution is 2.32. The van der Waals surface area contributed by atoms with Gasteiger partial charge in [0.25, 0.3) is 0 Å². The summed E-state index contributed by atoms with van der Waals surface area (Å²) >= 11 is 1.52. The molecule has 0 unspecified atom stereocenters. The van der Waals surface area contributed by atoms with Gasteiger partial charge in [0.15, 0.2) is 0 Å². The molecule has 3 heterocycles. The molecule has 0 bridgehead atoms. The Balaban J connectivity index is 0.000000339. The van der Waals surface area contributed by atoms with E-state index in [0.717, 1.165) is 29.7 Å². The average Bonchev–Trinajstić information content (AvgIpc) is 3.45. The van der Waals surface area contributed by atoms with Crippen LogP contribution in [0.5, 0.6) is 0 Å². The maximum atomic E-state index is 12.3. The number of carboxylic acid groups (broad SMARTS) is 2. The highest BCUT2D eigenvalue weighted by molar-refractivity contribution is 7.08. The normalized spacial score (nSPS) is 15.9. The van der Waals surface area contributed by atoms with Gasteiger partial charge in [0.1, 0.15) is 0 Å². The Morgan fingerprint density at radius 2 is 1.77 bits per heavy atom. The second-order valence-electron chi connectivity index (χ2n) is 7.21. The number of halogens is 3. The van der Waals surface area contributed by atoms with Gasteiger partial charge >= 0.3 is 18.1 Å². The van der Waals surface area contributed by atoms with E-state index in [2.05, 4.69) is 4.98 Å². The number of fused-ring (bicyclic) bond motifs is 1. The van der Waals surface area contributed by atoms with Crippen molar-refractivity contribution in [3.05, 3.63) is 39.7 Å². The number of aromatic nitrogens is 1. The molecule has 11 heteroatoms. The minimum absolute atomic E-state index is 0.218. The number of rotatable bonds is 3. The van der Waals surface area contributed by atoms with Crippen molar-refractivity contribution in [1.82, 2.24) is 9.88 Å². The summed E-state index contributed by atoms with van der Waals surface area (Å²) in [5, 5.41) is 20.5. The van der Waals surface area contributed by atoms with Gasteiger partial charge in [-0.25, -0.2) is 9.59 Å². The van der Waals surface area contributed by atoms with Crippen LogP contribution in [0.15, 0.2) is 22.9 Å². The van der Waals surface area contributed by atoms with Gasteiger partial charge in [-0.3, -0.25) is 9.78 Å². The molecule has 1 amide bonds. The van der Waals surface area contributed by atoms with Crippen molar-refractivity contribution in [3.63, 3.8) is 0 Å². The van der Waals surface area contributed by atoms with Gasteiger partial charge in [-0.05, 0) is 42.3 Å². The lowest BCUT2D eigenvalue weighted by atomic mass is 10.0. The zero-order valence-corrected chi connectivity index (χ0v) is 17.0. The van der Waals surface area contributed by atoms with E-state index < -0.39 is 18.1 Å². The highest BCUT2D eigenvalue weighted by Gasteiger charge is 2.38. The van der Waals surface area contributed by atoms with E-state index in [1.165, 1.54) is 11.3 Å². The number of hydrogen-bond acceptors (Lipinski definition) is 5. The first-order valence-electron chi connectivity index (χ1n) is 9.45. The molecule has 0 saturated heterocycles. The van der Waals surface area contributed by atoms with Crippen LogP contribution in [0.3, 0.4) is 0 Å². The fourth-order valence-corrected chi connectivity index (χ4v) is 3.87. The molecule has 2 aromatic rings. The molecule has 0 atom stereocenters. The van der Waals surface area contributed by atoms with Crippen LogP contribution in [0.2, 0.25) is 0 Å². The molecule has 1 saturated carbocycles. The molecule has 1 aliphatic carbocycles. The monoisotopic (exact) mass is 456 g/mol. The van der Waals surface area contributed by atoms with Gasteiger partial charge in [-0.1, -0.05) is 0 Å². The van der Waals surface area contributed by atoms with E-state index in [1.807, 2.05) is 21.7 Å². The van der Waals surface area contributed by atoms with Gasteiger partial charge < -0.3 is 15.1 Å². The molecule has 0 aromatic carbocycles. The van der Waals surface area contributed by atoms with Crippen molar-refractivity contribution in [2.45, 2.75) is 31.9 Å². The summed E-state index contributed by atoms with van der Waals surface area (Å²) in [4.78, 5) is 39.5. The summed E-state index contributed by atoms with van der Waals surface area (Å²) in [5.41, 5.74) is 3.50. The highest BCUT2D eigenvalue weighted by atomic mass is 32.1. The second kappa shape index (κ2) is 9.04. The van der Waals surface area contributed by atoms with Crippen molar-refractivity contribution in [2.75, 3.05) is 13.1 Å². The molecule has 1 aliphatic heterocycles. The zero-order valence-electron chi connectivity index (χ0n) is 16.2. The van der Waals surface area contributed by atoms with Crippen LogP contribution < -0.4 is 0 Å². The van der Waals surface area contributed by atoms with Crippen LogP contribution in [-0.2, 0) is 22.4 Å². The van der Waals surface area contributed by atoms with Crippen molar-refractivity contribution in [1.29, 1.82) is 0 Å².